The highest BCUT2D eigenvalue weighted by molar-refractivity contribution is 6.30. The van der Waals surface area contributed by atoms with Gasteiger partial charge < -0.3 is 9.80 Å². The number of piperazine rings is 1. The Morgan fingerprint density at radius 3 is 2.67 bits per heavy atom. The van der Waals surface area contributed by atoms with Gasteiger partial charge in [-0.1, -0.05) is 54.1 Å². The highest BCUT2D eigenvalue weighted by Gasteiger charge is 2.28. The van der Waals surface area contributed by atoms with Gasteiger partial charge in [0.15, 0.2) is 0 Å². The fourth-order valence-corrected chi connectivity index (χ4v) is 3.22. The lowest BCUT2D eigenvalue weighted by Crippen LogP contribution is -2.48. The van der Waals surface area contributed by atoms with Crippen molar-refractivity contribution in [2.75, 3.05) is 26.7 Å². The lowest BCUT2D eigenvalue weighted by atomic mass is 10.0. The fraction of sp³-hybridized carbons (Fsp3) is 0.250. The molecule has 0 spiro atoms. The second-order valence-electron chi connectivity index (χ2n) is 6.11. The molecular formula is C20H21ClN2O. The number of carbonyl (C=O) groups excluding carboxylic acids is 1. The summed E-state index contributed by atoms with van der Waals surface area (Å²) in [4.78, 5) is 17.0. The van der Waals surface area contributed by atoms with Crippen molar-refractivity contribution in [1.29, 1.82) is 0 Å². The zero-order chi connectivity index (χ0) is 16.9. The van der Waals surface area contributed by atoms with Gasteiger partial charge in [0, 0.05) is 30.7 Å². The second-order valence-corrected chi connectivity index (χ2v) is 6.55. The molecule has 0 N–H and O–H groups in total. The summed E-state index contributed by atoms with van der Waals surface area (Å²) in [6.45, 7) is 2.47. The Kier molecular flexibility index (Phi) is 5.34. The number of amides is 1. The van der Waals surface area contributed by atoms with Gasteiger partial charge in [-0.25, -0.2) is 0 Å². The molecule has 1 aliphatic heterocycles. The van der Waals surface area contributed by atoms with Crippen molar-refractivity contribution in [2.24, 2.45) is 0 Å². The maximum absolute atomic E-state index is 12.7. The Labute approximate surface area is 148 Å². The van der Waals surface area contributed by atoms with Crippen molar-refractivity contribution in [3.63, 3.8) is 0 Å². The van der Waals surface area contributed by atoms with E-state index in [0.717, 1.165) is 25.2 Å². The van der Waals surface area contributed by atoms with Crippen molar-refractivity contribution in [3.8, 4) is 0 Å². The zero-order valence-corrected chi connectivity index (χ0v) is 14.5. The molecule has 0 aromatic heterocycles. The average Bonchev–Trinajstić information content (AvgIpc) is 2.60. The number of benzene rings is 2. The van der Waals surface area contributed by atoms with Crippen molar-refractivity contribution in [1.82, 2.24) is 9.80 Å². The third-order valence-corrected chi connectivity index (χ3v) is 4.55. The SMILES string of the molecule is CN1CCN(C(=O)C=Cc2cccc(Cl)c2)C(c2ccccc2)C1. The Hall–Kier alpha value is -2.10. The molecule has 3 rings (SSSR count). The van der Waals surface area contributed by atoms with Crippen LogP contribution in [0.5, 0.6) is 0 Å². The summed E-state index contributed by atoms with van der Waals surface area (Å²) >= 11 is 5.99. The first-order chi connectivity index (χ1) is 11.6. The smallest absolute Gasteiger partial charge is 0.247 e. The molecular weight excluding hydrogens is 320 g/mol. The minimum absolute atomic E-state index is 0.0388. The average molecular weight is 341 g/mol. The van der Waals surface area contributed by atoms with Crippen LogP contribution in [0.2, 0.25) is 5.02 Å². The van der Waals surface area contributed by atoms with Gasteiger partial charge in [0.25, 0.3) is 0 Å². The maximum Gasteiger partial charge on any atom is 0.247 e. The number of hydrogen-bond donors (Lipinski definition) is 0. The van der Waals surface area contributed by atoms with E-state index in [9.17, 15) is 4.79 Å². The molecule has 1 atom stereocenters. The molecule has 4 heteroatoms. The van der Waals surface area contributed by atoms with E-state index in [1.165, 1.54) is 5.56 Å². The lowest BCUT2D eigenvalue weighted by Gasteiger charge is -2.39. The number of rotatable bonds is 3. The van der Waals surface area contributed by atoms with E-state index in [-0.39, 0.29) is 11.9 Å². The summed E-state index contributed by atoms with van der Waals surface area (Å²) in [6, 6.07) is 17.8. The molecule has 3 nitrogen and oxygen atoms in total. The van der Waals surface area contributed by atoms with E-state index < -0.39 is 0 Å². The molecule has 1 unspecified atom stereocenters. The van der Waals surface area contributed by atoms with Gasteiger partial charge in [0.05, 0.1) is 6.04 Å². The molecule has 1 amide bonds. The van der Waals surface area contributed by atoms with Crippen LogP contribution < -0.4 is 0 Å². The van der Waals surface area contributed by atoms with Crippen LogP contribution in [0.25, 0.3) is 6.08 Å². The highest BCUT2D eigenvalue weighted by atomic mass is 35.5. The minimum Gasteiger partial charge on any atom is -0.330 e. The fourth-order valence-electron chi connectivity index (χ4n) is 3.02. The first-order valence-electron chi connectivity index (χ1n) is 8.11. The molecule has 0 saturated carbocycles. The Morgan fingerprint density at radius 2 is 1.92 bits per heavy atom. The van der Waals surface area contributed by atoms with Gasteiger partial charge in [-0.05, 0) is 36.4 Å². The summed E-state index contributed by atoms with van der Waals surface area (Å²) in [5.74, 6) is 0.0388. The summed E-state index contributed by atoms with van der Waals surface area (Å²) in [6.07, 6.45) is 3.47. The summed E-state index contributed by atoms with van der Waals surface area (Å²) in [7, 11) is 2.10. The number of nitrogens with zero attached hydrogens (tertiary/aromatic N) is 2. The van der Waals surface area contributed by atoms with Crippen molar-refractivity contribution in [3.05, 3.63) is 76.8 Å². The van der Waals surface area contributed by atoms with Gasteiger partial charge in [-0.3, -0.25) is 4.79 Å². The highest BCUT2D eigenvalue weighted by Crippen LogP contribution is 2.25. The van der Waals surface area contributed by atoms with E-state index in [4.69, 9.17) is 11.6 Å². The van der Waals surface area contributed by atoms with Crippen molar-refractivity contribution in [2.45, 2.75) is 6.04 Å². The van der Waals surface area contributed by atoms with E-state index in [2.05, 4.69) is 24.1 Å². The number of carbonyl (C=O) groups is 1. The van der Waals surface area contributed by atoms with Gasteiger partial charge in [-0.2, -0.15) is 0 Å². The summed E-state index contributed by atoms with van der Waals surface area (Å²) < 4.78 is 0. The quantitative estimate of drug-likeness (QED) is 0.792. The van der Waals surface area contributed by atoms with Gasteiger partial charge >= 0.3 is 0 Å². The van der Waals surface area contributed by atoms with Crippen LogP contribution >= 0.6 is 11.6 Å². The standard InChI is InChI=1S/C20H21ClN2O/c1-22-12-13-23(19(15-22)17-7-3-2-4-8-17)20(24)11-10-16-6-5-9-18(21)14-16/h2-11,14,19H,12-13,15H2,1H3. The van der Waals surface area contributed by atoms with Crippen LogP contribution in [-0.2, 0) is 4.79 Å². The van der Waals surface area contributed by atoms with E-state index >= 15 is 0 Å². The molecule has 1 fully saturated rings. The van der Waals surface area contributed by atoms with Crippen LogP contribution in [0.1, 0.15) is 17.2 Å². The van der Waals surface area contributed by atoms with Crippen molar-refractivity contribution < 1.29 is 4.79 Å². The maximum atomic E-state index is 12.7. The summed E-state index contributed by atoms with van der Waals surface area (Å²) in [5, 5.41) is 0.673. The van der Waals surface area contributed by atoms with E-state index in [1.54, 1.807) is 6.08 Å². The molecule has 2 aromatic rings. The first-order valence-corrected chi connectivity index (χ1v) is 8.49. The second kappa shape index (κ2) is 7.65. The number of hydrogen-bond acceptors (Lipinski definition) is 2. The molecule has 0 bridgehead atoms. The largest absolute Gasteiger partial charge is 0.330 e. The zero-order valence-electron chi connectivity index (χ0n) is 13.7. The molecule has 0 aliphatic carbocycles. The predicted octanol–water partition coefficient (Wildman–Crippen LogP) is 3.87. The molecule has 24 heavy (non-hydrogen) atoms. The number of likely N-dealkylation sites (N-methyl/N-ethyl adjacent to an activating group) is 1. The van der Waals surface area contributed by atoms with Crippen LogP contribution in [0.3, 0.4) is 0 Å². The van der Waals surface area contributed by atoms with Gasteiger partial charge in [0.2, 0.25) is 5.91 Å². The molecule has 124 valence electrons. The normalized spacial score (nSPS) is 18.9. The van der Waals surface area contributed by atoms with Crippen LogP contribution in [0, 0.1) is 0 Å². The lowest BCUT2D eigenvalue weighted by molar-refractivity contribution is -0.130. The van der Waals surface area contributed by atoms with Crippen LogP contribution in [-0.4, -0.2) is 42.4 Å². The third-order valence-electron chi connectivity index (χ3n) is 4.32. The molecule has 1 saturated heterocycles. The van der Waals surface area contributed by atoms with Gasteiger partial charge in [0.1, 0.15) is 0 Å². The minimum atomic E-state index is 0.0388. The molecule has 1 aliphatic rings. The van der Waals surface area contributed by atoms with Crippen LogP contribution in [0.4, 0.5) is 0 Å². The first kappa shape index (κ1) is 16.7. The molecule has 2 aromatic carbocycles. The monoisotopic (exact) mass is 340 g/mol. The summed E-state index contributed by atoms with van der Waals surface area (Å²) in [5.41, 5.74) is 2.11. The third kappa shape index (κ3) is 4.05. The van der Waals surface area contributed by atoms with E-state index in [0.29, 0.717) is 5.02 Å². The van der Waals surface area contributed by atoms with Crippen LogP contribution in [0.15, 0.2) is 60.7 Å². The predicted molar refractivity (Wildman–Crippen MR) is 98.9 cm³/mol. The Balaban J connectivity index is 1.79. The Morgan fingerprint density at radius 1 is 1.12 bits per heavy atom. The molecule has 0 radical (unpaired) electrons. The molecule has 1 heterocycles. The van der Waals surface area contributed by atoms with E-state index in [1.807, 2.05) is 53.4 Å². The Bertz CT molecular complexity index is 729. The van der Waals surface area contributed by atoms with Gasteiger partial charge in [-0.15, -0.1) is 0 Å². The number of halogens is 1. The topological polar surface area (TPSA) is 23.6 Å². The van der Waals surface area contributed by atoms with Crippen molar-refractivity contribution >= 4 is 23.6 Å².